The third-order valence-electron chi connectivity index (χ3n) is 4.06. The average molecular weight is 378 g/mol. The molecule has 0 radical (unpaired) electrons. The van der Waals surface area contributed by atoms with Gasteiger partial charge in [0.2, 0.25) is 0 Å². The molecule has 102 valence electrons. The van der Waals surface area contributed by atoms with E-state index in [0.717, 1.165) is 19.4 Å². The number of hydrogen-bond acceptors (Lipinski definition) is 1. The van der Waals surface area contributed by atoms with Crippen molar-refractivity contribution in [3.8, 4) is 0 Å². The first-order valence-corrected chi connectivity index (χ1v) is 8.58. The third-order valence-corrected chi connectivity index (χ3v) is 5.76. The summed E-state index contributed by atoms with van der Waals surface area (Å²) < 4.78 is 3.42. The number of rotatable bonds is 4. The van der Waals surface area contributed by atoms with Crippen LogP contribution in [0.1, 0.15) is 51.4 Å². The van der Waals surface area contributed by atoms with Gasteiger partial charge in [-0.05, 0) is 60.4 Å². The topological polar surface area (TPSA) is 17.8 Å². The van der Waals surface area contributed by atoms with Crippen molar-refractivity contribution in [3.63, 3.8) is 0 Å². The zero-order valence-corrected chi connectivity index (χ0v) is 14.6. The van der Waals surface area contributed by atoms with Crippen LogP contribution >= 0.6 is 31.9 Å². The van der Waals surface area contributed by atoms with Crippen molar-refractivity contribution < 1.29 is 0 Å². The molecule has 2 rings (SSSR count). The summed E-state index contributed by atoms with van der Waals surface area (Å²) in [6.07, 6.45) is 6.02. The van der Waals surface area contributed by atoms with Crippen LogP contribution in [-0.2, 0) is 19.4 Å². The summed E-state index contributed by atoms with van der Waals surface area (Å²) in [7, 11) is 0. The van der Waals surface area contributed by atoms with Crippen LogP contribution in [0.15, 0.2) is 4.47 Å². The lowest BCUT2D eigenvalue weighted by molar-refractivity contribution is 0.324. The third kappa shape index (κ3) is 2.84. The second-order valence-electron chi connectivity index (χ2n) is 5.70. The van der Waals surface area contributed by atoms with E-state index in [1.54, 1.807) is 0 Å². The van der Waals surface area contributed by atoms with Gasteiger partial charge in [0.05, 0.1) is 15.9 Å². The van der Waals surface area contributed by atoms with Gasteiger partial charge in [0.25, 0.3) is 0 Å². The molecule has 0 aromatic carbocycles. The molecule has 0 spiro atoms. The maximum absolute atomic E-state index is 4.70. The summed E-state index contributed by atoms with van der Waals surface area (Å²) >= 11 is 7.52. The summed E-state index contributed by atoms with van der Waals surface area (Å²) in [5, 5.41) is 4.70. The lowest BCUT2D eigenvalue weighted by Gasteiger charge is -2.24. The van der Waals surface area contributed by atoms with Crippen LogP contribution in [0, 0.1) is 5.41 Å². The van der Waals surface area contributed by atoms with E-state index in [1.807, 2.05) is 0 Å². The molecule has 0 aliphatic heterocycles. The number of aromatic nitrogens is 2. The lowest BCUT2D eigenvalue weighted by atomic mass is 9.84. The van der Waals surface area contributed by atoms with E-state index in [1.165, 1.54) is 35.1 Å². The van der Waals surface area contributed by atoms with Crippen molar-refractivity contribution in [2.75, 3.05) is 0 Å². The molecule has 1 heterocycles. The Morgan fingerprint density at radius 1 is 1.44 bits per heavy atom. The summed E-state index contributed by atoms with van der Waals surface area (Å²) in [4.78, 5) is 0.699. The van der Waals surface area contributed by atoms with E-state index in [4.69, 9.17) is 5.10 Å². The molecule has 1 aromatic heterocycles. The highest BCUT2D eigenvalue weighted by Crippen LogP contribution is 2.44. The molecule has 1 fully saturated rings. The van der Waals surface area contributed by atoms with Gasteiger partial charge in [0.15, 0.2) is 0 Å². The Hall–Kier alpha value is 0.170. The van der Waals surface area contributed by atoms with E-state index in [2.05, 4.69) is 57.3 Å². The highest BCUT2D eigenvalue weighted by molar-refractivity contribution is 9.10. The van der Waals surface area contributed by atoms with Gasteiger partial charge in [-0.3, -0.25) is 4.68 Å². The van der Waals surface area contributed by atoms with Crippen LogP contribution in [-0.4, -0.2) is 14.6 Å². The van der Waals surface area contributed by atoms with Crippen molar-refractivity contribution in [2.24, 2.45) is 5.41 Å². The SMILES string of the molecule is CCc1nn(CC)c(CC2(C)CCC(Br)C2)c1Br. The van der Waals surface area contributed by atoms with E-state index in [0.29, 0.717) is 10.2 Å². The molecule has 0 saturated heterocycles. The van der Waals surface area contributed by atoms with Crippen molar-refractivity contribution in [3.05, 3.63) is 15.9 Å². The fraction of sp³-hybridized carbons (Fsp3) is 0.786. The molecule has 1 aromatic rings. The van der Waals surface area contributed by atoms with Crippen LogP contribution in [0.4, 0.5) is 0 Å². The van der Waals surface area contributed by atoms with E-state index in [9.17, 15) is 0 Å². The Morgan fingerprint density at radius 3 is 2.67 bits per heavy atom. The summed E-state index contributed by atoms with van der Waals surface area (Å²) in [5.41, 5.74) is 3.01. The van der Waals surface area contributed by atoms with Gasteiger partial charge in [0, 0.05) is 11.4 Å². The predicted molar refractivity (Wildman–Crippen MR) is 83.4 cm³/mol. The monoisotopic (exact) mass is 376 g/mol. The fourth-order valence-electron chi connectivity index (χ4n) is 2.99. The minimum absolute atomic E-state index is 0.425. The number of aryl methyl sites for hydroxylation is 2. The molecule has 4 heteroatoms. The molecule has 1 aliphatic rings. The van der Waals surface area contributed by atoms with Crippen LogP contribution < -0.4 is 0 Å². The van der Waals surface area contributed by atoms with Crippen LogP contribution in [0.25, 0.3) is 0 Å². The van der Waals surface area contributed by atoms with Crippen molar-refractivity contribution in [2.45, 2.75) is 64.2 Å². The van der Waals surface area contributed by atoms with Crippen molar-refractivity contribution in [1.29, 1.82) is 0 Å². The maximum atomic E-state index is 4.70. The maximum Gasteiger partial charge on any atom is 0.0766 e. The number of nitrogens with zero attached hydrogens (tertiary/aromatic N) is 2. The molecule has 18 heavy (non-hydrogen) atoms. The predicted octanol–water partition coefficient (Wildman–Crippen LogP) is 4.72. The van der Waals surface area contributed by atoms with E-state index >= 15 is 0 Å². The molecular formula is C14H22Br2N2. The normalized spacial score (nSPS) is 27.9. The lowest BCUT2D eigenvalue weighted by Crippen LogP contribution is -2.18. The molecule has 2 atom stereocenters. The minimum Gasteiger partial charge on any atom is -0.268 e. The van der Waals surface area contributed by atoms with Gasteiger partial charge < -0.3 is 0 Å². The van der Waals surface area contributed by atoms with Gasteiger partial charge in [-0.2, -0.15) is 5.10 Å². The molecular weight excluding hydrogens is 356 g/mol. The molecule has 1 aliphatic carbocycles. The smallest absolute Gasteiger partial charge is 0.0766 e. The summed E-state index contributed by atoms with van der Waals surface area (Å²) in [5.74, 6) is 0. The van der Waals surface area contributed by atoms with Gasteiger partial charge in [-0.1, -0.05) is 29.8 Å². The van der Waals surface area contributed by atoms with Gasteiger partial charge in [0.1, 0.15) is 0 Å². The Morgan fingerprint density at radius 2 is 2.17 bits per heavy atom. The molecule has 2 nitrogen and oxygen atoms in total. The van der Waals surface area contributed by atoms with Crippen molar-refractivity contribution in [1.82, 2.24) is 9.78 Å². The molecule has 0 N–H and O–H groups in total. The van der Waals surface area contributed by atoms with Crippen molar-refractivity contribution >= 4 is 31.9 Å². The van der Waals surface area contributed by atoms with Gasteiger partial charge >= 0.3 is 0 Å². The Balaban J connectivity index is 2.25. The first-order valence-electron chi connectivity index (χ1n) is 6.87. The molecule has 1 saturated carbocycles. The molecule has 2 unspecified atom stereocenters. The Bertz CT molecular complexity index is 428. The summed E-state index contributed by atoms with van der Waals surface area (Å²) in [6, 6.07) is 0. The first kappa shape index (κ1) is 14.6. The van der Waals surface area contributed by atoms with Gasteiger partial charge in [-0.15, -0.1) is 0 Å². The number of halogens is 2. The zero-order chi connectivity index (χ0) is 13.3. The number of alkyl halides is 1. The van der Waals surface area contributed by atoms with Gasteiger partial charge in [-0.25, -0.2) is 0 Å². The van der Waals surface area contributed by atoms with Crippen LogP contribution in [0.3, 0.4) is 0 Å². The molecule has 0 bridgehead atoms. The summed E-state index contributed by atoms with van der Waals surface area (Å²) in [6.45, 7) is 7.72. The zero-order valence-electron chi connectivity index (χ0n) is 11.5. The highest BCUT2D eigenvalue weighted by Gasteiger charge is 2.35. The average Bonchev–Trinajstić information content (AvgIpc) is 2.82. The van der Waals surface area contributed by atoms with E-state index in [-0.39, 0.29) is 0 Å². The fourth-order valence-corrected chi connectivity index (χ4v) is 4.71. The van der Waals surface area contributed by atoms with Crippen LogP contribution in [0.5, 0.6) is 0 Å². The standard InChI is InChI=1S/C14H22Br2N2/c1-4-11-13(16)12(18(5-2)17-11)9-14(3)7-6-10(15)8-14/h10H,4-9H2,1-3H3. The first-order chi connectivity index (χ1) is 8.49. The van der Waals surface area contributed by atoms with E-state index < -0.39 is 0 Å². The van der Waals surface area contributed by atoms with Crippen LogP contribution in [0.2, 0.25) is 0 Å². The highest BCUT2D eigenvalue weighted by atomic mass is 79.9. The second-order valence-corrected chi connectivity index (χ2v) is 7.79. The Kier molecular flexibility index (Phi) is 4.58. The quantitative estimate of drug-likeness (QED) is 0.694. The minimum atomic E-state index is 0.425. The molecule has 0 amide bonds. The largest absolute Gasteiger partial charge is 0.268 e. The Labute approximate surface area is 127 Å². The number of hydrogen-bond donors (Lipinski definition) is 0. The second kappa shape index (κ2) is 5.66.